The van der Waals surface area contributed by atoms with Crippen molar-refractivity contribution in [3.8, 4) is 0 Å². The smallest absolute Gasteiger partial charge is 0.243 e. The van der Waals surface area contributed by atoms with Gasteiger partial charge in [0.15, 0.2) is 0 Å². The van der Waals surface area contributed by atoms with Gasteiger partial charge >= 0.3 is 0 Å². The zero-order chi connectivity index (χ0) is 16.7. The summed E-state index contributed by atoms with van der Waals surface area (Å²) in [6.45, 7) is 0.240. The maximum atomic E-state index is 12.8. The van der Waals surface area contributed by atoms with E-state index in [-0.39, 0.29) is 11.4 Å². The number of para-hydroxylation sites is 1. The number of aryl methyl sites for hydroxylation is 2. The fourth-order valence-electron chi connectivity index (χ4n) is 3.34. The molecule has 0 aliphatic heterocycles. The minimum atomic E-state index is -3.65. The van der Waals surface area contributed by atoms with Gasteiger partial charge in [-0.15, -0.1) is 0 Å². The lowest BCUT2D eigenvalue weighted by Gasteiger charge is -2.10. The Morgan fingerprint density at radius 1 is 1.21 bits per heavy atom. The molecular formula is C17H18N4O2S. The Bertz CT molecular complexity index is 1020. The van der Waals surface area contributed by atoms with Crippen LogP contribution in [0.4, 0.5) is 0 Å². The Kier molecular flexibility index (Phi) is 3.62. The number of pyridine rings is 1. The van der Waals surface area contributed by atoms with Crippen LogP contribution in [-0.4, -0.2) is 23.2 Å². The predicted octanol–water partition coefficient (Wildman–Crippen LogP) is 1.94. The summed E-state index contributed by atoms with van der Waals surface area (Å²) >= 11 is 0. The SMILES string of the molecule is Cn1nc2c(c1CNS(=O)(=O)c1cccc3cccnc13)CCC2. The summed E-state index contributed by atoms with van der Waals surface area (Å²) in [5, 5.41) is 5.29. The van der Waals surface area contributed by atoms with Crippen LogP contribution in [0.25, 0.3) is 10.9 Å². The molecule has 0 radical (unpaired) electrons. The fraction of sp³-hybridized carbons (Fsp3) is 0.294. The fourth-order valence-corrected chi connectivity index (χ4v) is 4.51. The molecule has 6 nitrogen and oxygen atoms in total. The van der Waals surface area contributed by atoms with Gasteiger partial charge in [0.25, 0.3) is 0 Å². The van der Waals surface area contributed by atoms with Crippen LogP contribution >= 0.6 is 0 Å². The van der Waals surface area contributed by atoms with E-state index in [1.54, 1.807) is 29.1 Å². The van der Waals surface area contributed by atoms with Crippen molar-refractivity contribution in [3.63, 3.8) is 0 Å². The van der Waals surface area contributed by atoms with E-state index in [1.807, 2.05) is 19.2 Å². The third-order valence-corrected chi connectivity index (χ3v) is 5.95. The highest BCUT2D eigenvalue weighted by Gasteiger charge is 2.23. The molecule has 0 unspecified atom stereocenters. The van der Waals surface area contributed by atoms with Crippen LogP contribution in [0.2, 0.25) is 0 Å². The first-order valence-electron chi connectivity index (χ1n) is 7.93. The molecule has 0 saturated carbocycles. The molecule has 0 fully saturated rings. The molecule has 0 atom stereocenters. The van der Waals surface area contributed by atoms with Gasteiger partial charge in [-0.2, -0.15) is 5.10 Å². The van der Waals surface area contributed by atoms with E-state index in [1.165, 1.54) is 5.56 Å². The number of nitrogens with zero attached hydrogens (tertiary/aromatic N) is 3. The van der Waals surface area contributed by atoms with Crippen molar-refractivity contribution in [3.05, 3.63) is 53.5 Å². The topological polar surface area (TPSA) is 76.9 Å². The molecule has 7 heteroatoms. The minimum absolute atomic E-state index is 0.208. The van der Waals surface area contributed by atoms with E-state index in [4.69, 9.17) is 0 Å². The van der Waals surface area contributed by atoms with Gasteiger partial charge in [0.1, 0.15) is 4.90 Å². The molecule has 1 aromatic carbocycles. The van der Waals surface area contributed by atoms with Gasteiger partial charge in [0.2, 0.25) is 10.0 Å². The summed E-state index contributed by atoms with van der Waals surface area (Å²) in [5.41, 5.74) is 3.72. The minimum Gasteiger partial charge on any atom is -0.271 e. The Hall–Kier alpha value is -2.25. The molecule has 2 aromatic heterocycles. The summed E-state index contributed by atoms with van der Waals surface area (Å²) in [6, 6.07) is 8.83. The van der Waals surface area contributed by atoms with Gasteiger partial charge in [-0.3, -0.25) is 9.67 Å². The van der Waals surface area contributed by atoms with Crippen LogP contribution in [-0.2, 0) is 36.5 Å². The summed E-state index contributed by atoms with van der Waals surface area (Å²) in [6.07, 6.45) is 4.64. The molecule has 0 saturated heterocycles. The predicted molar refractivity (Wildman–Crippen MR) is 91.0 cm³/mol. The highest BCUT2D eigenvalue weighted by molar-refractivity contribution is 7.89. The zero-order valence-corrected chi connectivity index (χ0v) is 14.2. The molecular weight excluding hydrogens is 324 g/mol. The third-order valence-electron chi connectivity index (χ3n) is 4.51. The van der Waals surface area contributed by atoms with Crippen LogP contribution in [0, 0.1) is 0 Å². The zero-order valence-electron chi connectivity index (χ0n) is 13.4. The van der Waals surface area contributed by atoms with Crippen molar-refractivity contribution >= 4 is 20.9 Å². The first-order valence-corrected chi connectivity index (χ1v) is 9.41. The Morgan fingerprint density at radius 2 is 2.04 bits per heavy atom. The average Bonchev–Trinajstić information content (AvgIpc) is 3.13. The maximum Gasteiger partial charge on any atom is 0.243 e. The molecule has 0 amide bonds. The van der Waals surface area contributed by atoms with Crippen molar-refractivity contribution in [1.29, 1.82) is 0 Å². The van der Waals surface area contributed by atoms with E-state index in [0.717, 1.165) is 36.0 Å². The van der Waals surface area contributed by atoms with Crippen LogP contribution < -0.4 is 4.72 Å². The molecule has 0 bridgehead atoms. The van der Waals surface area contributed by atoms with E-state index < -0.39 is 10.0 Å². The molecule has 4 rings (SSSR count). The summed E-state index contributed by atoms with van der Waals surface area (Å²) in [7, 11) is -1.79. The number of hydrogen-bond donors (Lipinski definition) is 1. The lowest BCUT2D eigenvalue weighted by atomic mass is 10.2. The lowest BCUT2D eigenvalue weighted by Crippen LogP contribution is -2.25. The van der Waals surface area contributed by atoms with Crippen molar-refractivity contribution < 1.29 is 8.42 Å². The van der Waals surface area contributed by atoms with Crippen molar-refractivity contribution in [2.45, 2.75) is 30.7 Å². The number of nitrogens with one attached hydrogen (secondary N) is 1. The summed E-state index contributed by atoms with van der Waals surface area (Å²) < 4.78 is 30.0. The van der Waals surface area contributed by atoms with Gasteiger partial charge in [0, 0.05) is 18.6 Å². The summed E-state index contributed by atoms with van der Waals surface area (Å²) in [4.78, 5) is 4.44. The van der Waals surface area contributed by atoms with Gasteiger partial charge in [-0.05, 0) is 37.0 Å². The molecule has 124 valence electrons. The van der Waals surface area contributed by atoms with Gasteiger partial charge < -0.3 is 0 Å². The lowest BCUT2D eigenvalue weighted by molar-refractivity contribution is 0.576. The number of fused-ring (bicyclic) bond motifs is 2. The molecule has 1 aliphatic carbocycles. The average molecular weight is 342 g/mol. The van der Waals surface area contributed by atoms with Crippen LogP contribution in [0.5, 0.6) is 0 Å². The number of benzene rings is 1. The Morgan fingerprint density at radius 3 is 2.92 bits per heavy atom. The van der Waals surface area contributed by atoms with E-state index in [9.17, 15) is 8.42 Å². The molecule has 1 aliphatic rings. The second kappa shape index (κ2) is 5.68. The van der Waals surface area contributed by atoms with Crippen molar-refractivity contribution in [2.24, 2.45) is 7.05 Å². The van der Waals surface area contributed by atoms with Gasteiger partial charge in [0.05, 0.1) is 23.4 Å². The first-order chi connectivity index (χ1) is 11.6. The quantitative estimate of drug-likeness (QED) is 0.786. The monoisotopic (exact) mass is 342 g/mol. The van der Waals surface area contributed by atoms with E-state index in [0.29, 0.717) is 5.52 Å². The second-order valence-corrected chi connectivity index (χ2v) is 7.74. The second-order valence-electron chi connectivity index (χ2n) is 6.00. The van der Waals surface area contributed by atoms with Gasteiger partial charge in [-0.25, -0.2) is 13.1 Å². The normalized spacial score (nSPS) is 14.2. The van der Waals surface area contributed by atoms with Crippen molar-refractivity contribution in [1.82, 2.24) is 19.5 Å². The number of sulfonamides is 1. The third kappa shape index (κ3) is 2.50. The number of aromatic nitrogens is 3. The van der Waals surface area contributed by atoms with E-state index >= 15 is 0 Å². The molecule has 0 spiro atoms. The maximum absolute atomic E-state index is 12.8. The standard InChI is InChI=1S/C17H18N4O2S/c1-21-15(13-7-3-8-14(13)20-21)11-19-24(22,23)16-9-2-5-12-6-4-10-18-17(12)16/h2,4-6,9-10,19H,3,7-8,11H2,1H3. The van der Waals surface area contributed by atoms with Gasteiger partial charge in [-0.1, -0.05) is 18.2 Å². The molecule has 2 heterocycles. The number of hydrogen-bond acceptors (Lipinski definition) is 4. The molecule has 24 heavy (non-hydrogen) atoms. The number of rotatable bonds is 4. The van der Waals surface area contributed by atoms with Crippen LogP contribution in [0.15, 0.2) is 41.4 Å². The summed E-state index contributed by atoms with van der Waals surface area (Å²) in [5.74, 6) is 0. The highest BCUT2D eigenvalue weighted by Crippen LogP contribution is 2.25. The van der Waals surface area contributed by atoms with E-state index in [2.05, 4.69) is 14.8 Å². The molecule has 1 N–H and O–H groups in total. The Balaban J connectivity index is 1.67. The largest absolute Gasteiger partial charge is 0.271 e. The van der Waals surface area contributed by atoms with Crippen LogP contribution in [0.1, 0.15) is 23.4 Å². The highest BCUT2D eigenvalue weighted by atomic mass is 32.2. The first kappa shape index (κ1) is 15.3. The Labute approximate surface area is 140 Å². The van der Waals surface area contributed by atoms with Crippen molar-refractivity contribution in [2.75, 3.05) is 0 Å². The molecule has 3 aromatic rings. The van der Waals surface area contributed by atoms with Crippen LogP contribution in [0.3, 0.4) is 0 Å².